The lowest BCUT2D eigenvalue weighted by Gasteiger charge is -2.37. The number of hydrogen-bond acceptors (Lipinski definition) is 4. The van der Waals surface area contributed by atoms with Crippen LogP contribution in [0.15, 0.2) is 0 Å². The summed E-state index contributed by atoms with van der Waals surface area (Å²) in [4.78, 5) is 28.5. The average Bonchev–Trinajstić information content (AvgIpc) is 2.47. The van der Waals surface area contributed by atoms with Crippen LogP contribution in [0.25, 0.3) is 0 Å². The normalized spacial score (nSPS) is 23.9. The van der Waals surface area contributed by atoms with Crippen molar-refractivity contribution in [3.8, 4) is 0 Å². The molecule has 2 amide bonds. The first-order valence-corrected chi connectivity index (χ1v) is 7.58. The highest BCUT2D eigenvalue weighted by atomic mass is 16.5. The maximum Gasteiger partial charge on any atom is 0.319 e. The van der Waals surface area contributed by atoms with Gasteiger partial charge in [-0.2, -0.15) is 0 Å². The molecule has 1 atom stereocenters. The van der Waals surface area contributed by atoms with Gasteiger partial charge < -0.3 is 19.6 Å². The van der Waals surface area contributed by atoms with Crippen molar-refractivity contribution in [2.24, 2.45) is 5.92 Å². The minimum Gasteiger partial charge on any atom is -0.480 e. The van der Waals surface area contributed by atoms with Crippen molar-refractivity contribution in [2.45, 2.75) is 12.8 Å². The quantitative estimate of drug-likeness (QED) is 0.801. The van der Waals surface area contributed by atoms with Crippen LogP contribution in [0.5, 0.6) is 0 Å². The van der Waals surface area contributed by atoms with Gasteiger partial charge in [0.25, 0.3) is 0 Å². The molecular weight excluding hydrogens is 274 g/mol. The summed E-state index contributed by atoms with van der Waals surface area (Å²) in [6.07, 6.45) is 2.19. The highest BCUT2D eigenvalue weighted by Gasteiger charge is 2.26. The molecule has 2 rings (SSSR count). The monoisotopic (exact) mass is 299 g/mol. The summed E-state index contributed by atoms with van der Waals surface area (Å²) in [6.45, 7) is 4.79. The second-order valence-corrected chi connectivity index (χ2v) is 5.90. The molecular formula is C14H25N3O4. The topological polar surface area (TPSA) is 73.3 Å². The fourth-order valence-corrected chi connectivity index (χ4v) is 2.95. The maximum atomic E-state index is 12.4. The first-order valence-electron chi connectivity index (χ1n) is 7.58. The summed E-state index contributed by atoms with van der Waals surface area (Å²) >= 11 is 0. The predicted octanol–water partition coefficient (Wildman–Crippen LogP) is 0.167. The van der Waals surface area contributed by atoms with E-state index in [9.17, 15) is 9.59 Å². The Balaban J connectivity index is 1.74. The van der Waals surface area contributed by atoms with Gasteiger partial charge in [-0.05, 0) is 12.8 Å². The molecule has 7 heteroatoms. The van der Waals surface area contributed by atoms with Gasteiger partial charge in [0.15, 0.2) is 0 Å². The lowest BCUT2D eigenvalue weighted by molar-refractivity contribution is -0.138. The summed E-state index contributed by atoms with van der Waals surface area (Å²) in [5.74, 6) is -0.384. The standard InChI is InChI=1S/C14H25N3O4/c1-15(9-12-3-2-8-21-11-12)14(20)17-6-4-16(5-7-17)10-13(18)19/h12H,2-11H2,1H3,(H,18,19). The van der Waals surface area contributed by atoms with E-state index < -0.39 is 5.97 Å². The van der Waals surface area contributed by atoms with Crippen LogP contribution >= 0.6 is 0 Å². The molecule has 2 saturated heterocycles. The number of amides is 2. The van der Waals surface area contributed by atoms with E-state index in [0.29, 0.717) is 32.1 Å². The number of nitrogens with zero attached hydrogens (tertiary/aromatic N) is 3. The Morgan fingerprint density at radius 2 is 2.00 bits per heavy atom. The number of carbonyl (C=O) groups excluding carboxylic acids is 1. The molecule has 0 aromatic carbocycles. The molecule has 21 heavy (non-hydrogen) atoms. The van der Waals surface area contributed by atoms with E-state index in [0.717, 1.165) is 32.6 Å². The lowest BCUT2D eigenvalue weighted by Crippen LogP contribution is -2.53. The number of carboxylic acid groups (broad SMARTS) is 1. The van der Waals surface area contributed by atoms with Gasteiger partial charge in [-0.15, -0.1) is 0 Å². The largest absolute Gasteiger partial charge is 0.480 e. The van der Waals surface area contributed by atoms with Crippen molar-refractivity contribution in [3.05, 3.63) is 0 Å². The van der Waals surface area contributed by atoms with E-state index >= 15 is 0 Å². The molecule has 0 radical (unpaired) electrons. The first kappa shape index (κ1) is 16.0. The SMILES string of the molecule is CN(CC1CCCOC1)C(=O)N1CCN(CC(=O)O)CC1. The minimum absolute atomic E-state index is 0.0375. The molecule has 0 aromatic rings. The molecule has 1 N–H and O–H groups in total. The highest BCUT2D eigenvalue weighted by molar-refractivity contribution is 5.74. The number of piperazine rings is 1. The molecule has 7 nitrogen and oxygen atoms in total. The summed E-state index contributed by atoms with van der Waals surface area (Å²) < 4.78 is 5.45. The summed E-state index contributed by atoms with van der Waals surface area (Å²) in [5, 5.41) is 8.77. The van der Waals surface area contributed by atoms with Gasteiger partial charge in [-0.3, -0.25) is 9.69 Å². The van der Waals surface area contributed by atoms with Crippen molar-refractivity contribution in [1.29, 1.82) is 0 Å². The van der Waals surface area contributed by atoms with Gasteiger partial charge in [-0.1, -0.05) is 0 Å². The van der Waals surface area contributed by atoms with Gasteiger partial charge in [0.05, 0.1) is 13.2 Å². The van der Waals surface area contributed by atoms with Crippen LogP contribution in [0.3, 0.4) is 0 Å². The number of urea groups is 1. The van der Waals surface area contributed by atoms with Gasteiger partial charge >= 0.3 is 12.0 Å². The zero-order valence-electron chi connectivity index (χ0n) is 12.7. The Kier molecular flexibility index (Phi) is 5.81. The van der Waals surface area contributed by atoms with Gasteiger partial charge in [-0.25, -0.2) is 4.79 Å². The van der Waals surface area contributed by atoms with Crippen LogP contribution in [0.2, 0.25) is 0 Å². The van der Waals surface area contributed by atoms with E-state index in [2.05, 4.69) is 0 Å². The first-order chi connectivity index (χ1) is 10.1. The van der Waals surface area contributed by atoms with Crippen molar-refractivity contribution in [3.63, 3.8) is 0 Å². The molecule has 0 aromatic heterocycles. The van der Waals surface area contributed by atoms with E-state index in [4.69, 9.17) is 9.84 Å². The summed E-state index contributed by atoms with van der Waals surface area (Å²) in [5.41, 5.74) is 0. The van der Waals surface area contributed by atoms with E-state index in [1.54, 1.807) is 4.90 Å². The smallest absolute Gasteiger partial charge is 0.319 e. The Morgan fingerprint density at radius 3 is 2.57 bits per heavy atom. The Hall–Kier alpha value is -1.34. The number of carboxylic acids is 1. The number of aliphatic carboxylic acids is 1. The molecule has 2 heterocycles. The summed E-state index contributed by atoms with van der Waals surface area (Å²) in [7, 11) is 1.83. The third kappa shape index (κ3) is 4.86. The lowest BCUT2D eigenvalue weighted by atomic mass is 10.0. The molecule has 0 aliphatic carbocycles. The molecule has 2 aliphatic heterocycles. The summed E-state index contributed by atoms with van der Waals surface area (Å²) in [6, 6.07) is 0.0375. The van der Waals surface area contributed by atoms with Gasteiger partial charge in [0, 0.05) is 52.3 Å². The molecule has 2 aliphatic rings. The van der Waals surface area contributed by atoms with Crippen LogP contribution in [0, 0.1) is 5.92 Å². The van der Waals surface area contributed by atoms with Crippen molar-refractivity contribution in [1.82, 2.24) is 14.7 Å². The zero-order chi connectivity index (χ0) is 15.2. The number of ether oxygens (including phenoxy) is 1. The molecule has 1 unspecified atom stereocenters. The van der Waals surface area contributed by atoms with Crippen molar-refractivity contribution in [2.75, 3.05) is 59.5 Å². The molecule has 0 saturated carbocycles. The second kappa shape index (κ2) is 7.61. The third-order valence-corrected chi connectivity index (χ3v) is 4.11. The molecule has 2 fully saturated rings. The Morgan fingerprint density at radius 1 is 1.29 bits per heavy atom. The number of hydrogen-bond donors (Lipinski definition) is 1. The zero-order valence-corrected chi connectivity index (χ0v) is 12.7. The third-order valence-electron chi connectivity index (χ3n) is 4.11. The molecule has 0 spiro atoms. The van der Waals surface area contributed by atoms with E-state index in [1.807, 2.05) is 16.8 Å². The van der Waals surface area contributed by atoms with Crippen LogP contribution in [-0.2, 0) is 9.53 Å². The second-order valence-electron chi connectivity index (χ2n) is 5.90. The molecule has 120 valence electrons. The van der Waals surface area contributed by atoms with Crippen LogP contribution < -0.4 is 0 Å². The average molecular weight is 299 g/mol. The van der Waals surface area contributed by atoms with Crippen molar-refractivity contribution < 1.29 is 19.4 Å². The van der Waals surface area contributed by atoms with Crippen molar-refractivity contribution >= 4 is 12.0 Å². The minimum atomic E-state index is -0.816. The Bertz CT molecular complexity index is 363. The van der Waals surface area contributed by atoms with E-state index in [1.165, 1.54) is 0 Å². The van der Waals surface area contributed by atoms with E-state index in [-0.39, 0.29) is 12.6 Å². The number of rotatable bonds is 4. The number of carbonyl (C=O) groups is 2. The fourth-order valence-electron chi connectivity index (χ4n) is 2.95. The fraction of sp³-hybridized carbons (Fsp3) is 0.857. The van der Waals surface area contributed by atoms with Gasteiger partial charge in [0.2, 0.25) is 0 Å². The molecule has 0 bridgehead atoms. The maximum absolute atomic E-state index is 12.4. The Labute approximate surface area is 125 Å². The van der Waals surface area contributed by atoms with Crippen LogP contribution in [-0.4, -0.2) is 91.3 Å². The van der Waals surface area contributed by atoms with Gasteiger partial charge in [0.1, 0.15) is 0 Å². The van der Waals surface area contributed by atoms with Crippen LogP contribution in [0.1, 0.15) is 12.8 Å². The highest BCUT2D eigenvalue weighted by Crippen LogP contribution is 2.15. The predicted molar refractivity (Wildman–Crippen MR) is 77.2 cm³/mol. The van der Waals surface area contributed by atoms with Crippen LogP contribution in [0.4, 0.5) is 4.79 Å².